The summed E-state index contributed by atoms with van der Waals surface area (Å²) in [5, 5.41) is 9.12. The minimum absolute atomic E-state index is 0.131. The molecule has 3 N–H and O–H groups in total. The lowest BCUT2D eigenvalue weighted by Gasteiger charge is -2.24. The first kappa shape index (κ1) is 11.9. The number of hydrogen-bond acceptors (Lipinski definition) is 2. The molecule has 1 heterocycles. The van der Waals surface area contributed by atoms with E-state index in [1.807, 2.05) is 31.2 Å². The highest BCUT2D eigenvalue weighted by Crippen LogP contribution is 2.14. The summed E-state index contributed by atoms with van der Waals surface area (Å²) < 4.78 is 0. The van der Waals surface area contributed by atoms with Gasteiger partial charge in [0.15, 0.2) is 0 Å². The number of benzene rings is 1. The molecule has 1 atom stereocenters. The van der Waals surface area contributed by atoms with Crippen LogP contribution in [0.3, 0.4) is 0 Å². The van der Waals surface area contributed by atoms with E-state index in [4.69, 9.17) is 0 Å². The molecule has 17 heavy (non-hydrogen) atoms. The molecule has 0 aliphatic carbocycles. The molecular weight excluding hydrogens is 214 g/mol. The standard InChI is InChI=1S/C13H19N3O/c1-10-4-3-5-11(8-10)15-12(17)16-13(2)6-7-14-9-13/h3-5,8,14H,6-7,9H2,1-2H3,(H2,15,16,17). The Morgan fingerprint density at radius 2 is 2.29 bits per heavy atom. The molecule has 4 heteroatoms. The van der Waals surface area contributed by atoms with Crippen molar-refractivity contribution < 1.29 is 4.79 Å². The molecule has 0 bridgehead atoms. The Balaban J connectivity index is 1.93. The Kier molecular flexibility index (Phi) is 3.33. The number of hydrogen-bond donors (Lipinski definition) is 3. The van der Waals surface area contributed by atoms with Gasteiger partial charge in [-0.2, -0.15) is 0 Å². The Bertz CT molecular complexity index is 411. The van der Waals surface area contributed by atoms with Gasteiger partial charge in [-0.15, -0.1) is 0 Å². The number of aryl methyl sites for hydroxylation is 1. The van der Waals surface area contributed by atoms with Crippen LogP contribution in [0.1, 0.15) is 18.9 Å². The van der Waals surface area contributed by atoms with Crippen LogP contribution < -0.4 is 16.0 Å². The topological polar surface area (TPSA) is 53.2 Å². The highest BCUT2D eigenvalue weighted by atomic mass is 16.2. The van der Waals surface area contributed by atoms with Gasteiger partial charge in [0.25, 0.3) is 0 Å². The van der Waals surface area contributed by atoms with Crippen LogP contribution in [-0.2, 0) is 0 Å². The van der Waals surface area contributed by atoms with Crippen LogP contribution in [0.2, 0.25) is 0 Å². The number of nitrogens with one attached hydrogen (secondary N) is 3. The van der Waals surface area contributed by atoms with Crippen molar-refractivity contribution in [2.24, 2.45) is 0 Å². The van der Waals surface area contributed by atoms with Crippen LogP contribution in [0.15, 0.2) is 24.3 Å². The third kappa shape index (κ3) is 3.20. The molecule has 1 aromatic rings. The van der Waals surface area contributed by atoms with E-state index in [-0.39, 0.29) is 11.6 Å². The summed E-state index contributed by atoms with van der Waals surface area (Å²) in [7, 11) is 0. The molecule has 2 rings (SSSR count). The molecule has 0 spiro atoms. The van der Waals surface area contributed by atoms with Gasteiger partial charge in [0, 0.05) is 12.2 Å². The minimum atomic E-state index is -0.137. The van der Waals surface area contributed by atoms with Gasteiger partial charge in [-0.3, -0.25) is 0 Å². The average Bonchev–Trinajstić information content (AvgIpc) is 2.64. The quantitative estimate of drug-likeness (QED) is 0.730. The lowest BCUT2D eigenvalue weighted by molar-refractivity contribution is 0.241. The first-order valence-corrected chi connectivity index (χ1v) is 5.94. The van der Waals surface area contributed by atoms with Gasteiger partial charge in [0.05, 0.1) is 5.54 Å². The van der Waals surface area contributed by atoms with Crippen LogP contribution in [0, 0.1) is 6.92 Å². The van der Waals surface area contributed by atoms with E-state index in [1.165, 1.54) is 0 Å². The zero-order valence-electron chi connectivity index (χ0n) is 10.3. The Hall–Kier alpha value is -1.55. The molecule has 1 aliphatic rings. The van der Waals surface area contributed by atoms with Crippen molar-refractivity contribution in [2.45, 2.75) is 25.8 Å². The monoisotopic (exact) mass is 233 g/mol. The minimum Gasteiger partial charge on any atom is -0.331 e. The fourth-order valence-electron chi connectivity index (χ4n) is 2.08. The van der Waals surface area contributed by atoms with Gasteiger partial charge in [0.1, 0.15) is 0 Å². The Morgan fingerprint density at radius 1 is 1.47 bits per heavy atom. The van der Waals surface area contributed by atoms with Gasteiger partial charge >= 0.3 is 6.03 Å². The molecule has 1 fully saturated rings. The van der Waals surface area contributed by atoms with E-state index in [0.717, 1.165) is 30.8 Å². The molecule has 0 radical (unpaired) electrons. The zero-order chi connectivity index (χ0) is 12.3. The van der Waals surface area contributed by atoms with Gasteiger partial charge in [-0.25, -0.2) is 4.79 Å². The Morgan fingerprint density at radius 3 is 2.94 bits per heavy atom. The van der Waals surface area contributed by atoms with Crippen molar-refractivity contribution in [2.75, 3.05) is 18.4 Å². The summed E-state index contributed by atoms with van der Waals surface area (Å²) in [5.41, 5.74) is 1.84. The van der Waals surface area contributed by atoms with E-state index in [9.17, 15) is 4.79 Å². The smallest absolute Gasteiger partial charge is 0.319 e. The maximum absolute atomic E-state index is 11.8. The van der Waals surface area contributed by atoms with Gasteiger partial charge in [-0.05, 0) is 44.5 Å². The number of carbonyl (C=O) groups excluding carboxylic acids is 1. The first-order valence-electron chi connectivity index (χ1n) is 5.94. The first-order chi connectivity index (χ1) is 8.07. The molecule has 1 unspecified atom stereocenters. The summed E-state index contributed by atoms with van der Waals surface area (Å²) in [6.45, 7) is 5.85. The van der Waals surface area contributed by atoms with Crippen molar-refractivity contribution in [3.05, 3.63) is 29.8 Å². The predicted octanol–water partition coefficient (Wildman–Crippen LogP) is 1.87. The highest BCUT2D eigenvalue weighted by Gasteiger charge is 2.29. The predicted molar refractivity (Wildman–Crippen MR) is 69.2 cm³/mol. The van der Waals surface area contributed by atoms with Crippen molar-refractivity contribution in [3.8, 4) is 0 Å². The molecule has 4 nitrogen and oxygen atoms in total. The SMILES string of the molecule is Cc1cccc(NC(=O)NC2(C)CCNC2)c1. The summed E-state index contributed by atoms with van der Waals surface area (Å²) in [6.07, 6.45) is 0.967. The van der Waals surface area contributed by atoms with Crippen LogP contribution >= 0.6 is 0 Å². The largest absolute Gasteiger partial charge is 0.331 e. The third-order valence-corrected chi connectivity index (χ3v) is 3.06. The van der Waals surface area contributed by atoms with Crippen LogP contribution in [0.25, 0.3) is 0 Å². The van der Waals surface area contributed by atoms with Crippen LogP contribution in [0.4, 0.5) is 10.5 Å². The molecule has 0 saturated carbocycles. The van der Waals surface area contributed by atoms with E-state index in [0.29, 0.717) is 0 Å². The number of carbonyl (C=O) groups is 1. The van der Waals surface area contributed by atoms with Gasteiger partial charge in [0.2, 0.25) is 0 Å². The summed E-state index contributed by atoms with van der Waals surface area (Å²) in [4.78, 5) is 11.8. The molecule has 1 aromatic carbocycles. The van der Waals surface area contributed by atoms with E-state index >= 15 is 0 Å². The zero-order valence-corrected chi connectivity index (χ0v) is 10.3. The molecule has 2 amide bonds. The van der Waals surface area contributed by atoms with Crippen molar-refractivity contribution >= 4 is 11.7 Å². The molecule has 0 aromatic heterocycles. The van der Waals surface area contributed by atoms with Gasteiger partial charge in [-0.1, -0.05) is 12.1 Å². The summed E-state index contributed by atoms with van der Waals surface area (Å²) in [5.74, 6) is 0. The highest BCUT2D eigenvalue weighted by molar-refractivity contribution is 5.89. The normalized spacial score (nSPS) is 23.4. The number of rotatable bonds is 2. The number of amides is 2. The average molecular weight is 233 g/mol. The van der Waals surface area contributed by atoms with Crippen molar-refractivity contribution in [3.63, 3.8) is 0 Å². The third-order valence-electron chi connectivity index (χ3n) is 3.06. The fourth-order valence-corrected chi connectivity index (χ4v) is 2.08. The van der Waals surface area contributed by atoms with Crippen LogP contribution in [0.5, 0.6) is 0 Å². The number of anilines is 1. The maximum atomic E-state index is 11.8. The van der Waals surface area contributed by atoms with E-state index < -0.39 is 0 Å². The van der Waals surface area contributed by atoms with Crippen molar-refractivity contribution in [1.82, 2.24) is 10.6 Å². The Labute approximate surface area is 102 Å². The van der Waals surface area contributed by atoms with E-state index in [2.05, 4.69) is 22.9 Å². The summed E-state index contributed by atoms with van der Waals surface area (Å²) in [6, 6.07) is 7.65. The lowest BCUT2D eigenvalue weighted by Crippen LogP contribution is -2.49. The van der Waals surface area contributed by atoms with Crippen molar-refractivity contribution in [1.29, 1.82) is 0 Å². The molecule has 1 aliphatic heterocycles. The second-order valence-electron chi connectivity index (χ2n) is 4.94. The van der Waals surface area contributed by atoms with Gasteiger partial charge < -0.3 is 16.0 Å². The molecule has 1 saturated heterocycles. The second kappa shape index (κ2) is 4.75. The lowest BCUT2D eigenvalue weighted by atomic mass is 10.0. The van der Waals surface area contributed by atoms with E-state index in [1.54, 1.807) is 0 Å². The molecular formula is C13H19N3O. The summed E-state index contributed by atoms with van der Waals surface area (Å²) >= 11 is 0. The van der Waals surface area contributed by atoms with Crippen LogP contribution in [-0.4, -0.2) is 24.7 Å². The second-order valence-corrected chi connectivity index (χ2v) is 4.94. The molecule has 92 valence electrons. The number of urea groups is 1. The fraction of sp³-hybridized carbons (Fsp3) is 0.462. The maximum Gasteiger partial charge on any atom is 0.319 e.